The van der Waals surface area contributed by atoms with E-state index in [1.54, 1.807) is 0 Å². The molecule has 1 aliphatic rings. The molecule has 0 bridgehead atoms. The van der Waals surface area contributed by atoms with Crippen LogP contribution in [0.1, 0.15) is 24.0 Å². The maximum atomic E-state index is 12.5. The summed E-state index contributed by atoms with van der Waals surface area (Å²) < 4.78 is 0. The fraction of sp³-hybridized carbons (Fsp3) is 0.333. The molecule has 2 atom stereocenters. The van der Waals surface area contributed by atoms with Crippen molar-refractivity contribution in [3.63, 3.8) is 0 Å². The van der Waals surface area contributed by atoms with Crippen molar-refractivity contribution in [1.82, 2.24) is 15.7 Å². The van der Waals surface area contributed by atoms with Gasteiger partial charge in [0.25, 0.3) is 0 Å². The van der Waals surface area contributed by atoms with Gasteiger partial charge in [-0.2, -0.15) is 5.48 Å². The highest BCUT2D eigenvalue weighted by molar-refractivity contribution is 5.85. The summed E-state index contributed by atoms with van der Waals surface area (Å²) in [5.41, 5.74) is 4.94. The highest BCUT2D eigenvalue weighted by atomic mass is 16.6. The Bertz CT molecular complexity index is 770. The predicted molar refractivity (Wildman–Crippen MR) is 104 cm³/mol. The third-order valence-electron chi connectivity index (χ3n) is 4.77. The molecule has 0 aromatic heterocycles. The number of carbonyl (C=O) groups is 2. The molecule has 148 valence electrons. The van der Waals surface area contributed by atoms with Crippen LogP contribution in [0.15, 0.2) is 60.7 Å². The van der Waals surface area contributed by atoms with Gasteiger partial charge in [-0.3, -0.25) is 14.5 Å². The van der Waals surface area contributed by atoms with Crippen LogP contribution in [0, 0.1) is 0 Å². The predicted octanol–water partition coefficient (Wildman–Crippen LogP) is 2.54. The van der Waals surface area contributed by atoms with E-state index in [1.165, 1.54) is 4.90 Å². The number of carboxylic acid groups (broad SMARTS) is 1. The molecular weight excluding hydrogens is 358 g/mol. The lowest BCUT2D eigenvalue weighted by Crippen LogP contribution is -2.57. The van der Waals surface area contributed by atoms with Gasteiger partial charge in [0.15, 0.2) is 0 Å². The van der Waals surface area contributed by atoms with Crippen LogP contribution in [0.4, 0.5) is 4.79 Å². The molecule has 28 heavy (non-hydrogen) atoms. The normalized spacial score (nSPS) is 19.2. The molecule has 0 saturated carbocycles. The van der Waals surface area contributed by atoms with E-state index < -0.39 is 12.1 Å². The summed E-state index contributed by atoms with van der Waals surface area (Å²) in [5.74, 6) is -0.269. The molecule has 0 unspecified atom stereocenters. The number of carbonyl (C=O) groups excluding carboxylic acids is 1. The Balaban J connectivity index is 1.49. The molecule has 1 heterocycles. The minimum Gasteiger partial charge on any atom is -0.465 e. The first kappa shape index (κ1) is 19.9. The standard InChI is InChI=1S/C21H25N3O4/c25-20(22-13-16-7-3-1-4-8-16)19-12-11-18(14-24(19)21(26)27)23-28-15-17-9-5-2-6-10-17/h1-10,18-19,23H,11-15H2,(H,22,25)(H,26,27)/t18-,19+/m1/s1. The Labute approximate surface area is 164 Å². The zero-order chi connectivity index (χ0) is 19.8. The van der Waals surface area contributed by atoms with E-state index in [9.17, 15) is 14.7 Å². The van der Waals surface area contributed by atoms with Crippen LogP contribution in [0.5, 0.6) is 0 Å². The molecule has 7 heteroatoms. The second-order valence-electron chi connectivity index (χ2n) is 6.82. The lowest BCUT2D eigenvalue weighted by atomic mass is 9.98. The van der Waals surface area contributed by atoms with Crippen molar-refractivity contribution in [2.45, 2.75) is 38.1 Å². The van der Waals surface area contributed by atoms with Gasteiger partial charge in [0.05, 0.1) is 12.6 Å². The summed E-state index contributed by atoms with van der Waals surface area (Å²) in [6.45, 7) is 0.977. The lowest BCUT2D eigenvalue weighted by Gasteiger charge is -2.37. The van der Waals surface area contributed by atoms with E-state index in [2.05, 4.69) is 10.8 Å². The van der Waals surface area contributed by atoms with Crippen LogP contribution in [0.3, 0.4) is 0 Å². The number of amides is 2. The van der Waals surface area contributed by atoms with Crippen LogP contribution < -0.4 is 10.8 Å². The fourth-order valence-electron chi connectivity index (χ4n) is 3.27. The number of nitrogens with zero attached hydrogens (tertiary/aromatic N) is 1. The van der Waals surface area contributed by atoms with E-state index in [4.69, 9.17) is 4.84 Å². The van der Waals surface area contributed by atoms with Crippen molar-refractivity contribution in [3.05, 3.63) is 71.8 Å². The van der Waals surface area contributed by atoms with Gasteiger partial charge in [0.1, 0.15) is 6.04 Å². The van der Waals surface area contributed by atoms with Gasteiger partial charge in [0, 0.05) is 13.1 Å². The molecule has 2 aromatic rings. The minimum atomic E-state index is -1.10. The maximum absolute atomic E-state index is 12.5. The van der Waals surface area contributed by atoms with E-state index >= 15 is 0 Å². The second kappa shape index (κ2) is 9.87. The summed E-state index contributed by atoms with van der Waals surface area (Å²) in [4.78, 5) is 30.9. The van der Waals surface area contributed by atoms with Gasteiger partial charge in [-0.1, -0.05) is 60.7 Å². The fourth-order valence-corrected chi connectivity index (χ4v) is 3.27. The topological polar surface area (TPSA) is 90.9 Å². The largest absolute Gasteiger partial charge is 0.465 e. The van der Waals surface area contributed by atoms with Crippen molar-refractivity contribution in [2.75, 3.05) is 6.54 Å². The maximum Gasteiger partial charge on any atom is 0.408 e. The number of likely N-dealkylation sites (tertiary alicyclic amines) is 1. The van der Waals surface area contributed by atoms with Crippen LogP contribution in [-0.2, 0) is 22.8 Å². The van der Waals surface area contributed by atoms with E-state index in [0.29, 0.717) is 26.0 Å². The smallest absolute Gasteiger partial charge is 0.408 e. The lowest BCUT2D eigenvalue weighted by molar-refractivity contribution is -0.128. The number of piperidine rings is 1. The molecule has 1 fully saturated rings. The van der Waals surface area contributed by atoms with Crippen LogP contribution in [0.25, 0.3) is 0 Å². The first-order valence-corrected chi connectivity index (χ1v) is 9.36. The van der Waals surface area contributed by atoms with E-state index in [1.807, 2.05) is 60.7 Å². The van der Waals surface area contributed by atoms with Crippen LogP contribution >= 0.6 is 0 Å². The Morgan fingerprint density at radius 2 is 1.64 bits per heavy atom. The van der Waals surface area contributed by atoms with Gasteiger partial charge in [-0.15, -0.1) is 0 Å². The molecular formula is C21H25N3O4. The SMILES string of the molecule is O=C(NCc1ccccc1)[C@@H]1CC[C@@H](NOCc2ccccc2)CN1C(=O)O. The number of nitrogens with one attached hydrogen (secondary N) is 2. The Morgan fingerprint density at radius 1 is 1.00 bits per heavy atom. The summed E-state index contributed by atoms with van der Waals surface area (Å²) in [7, 11) is 0. The highest BCUT2D eigenvalue weighted by Gasteiger charge is 2.36. The number of hydrogen-bond donors (Lipinski definition) is 3. The summed E-state index contributed by atoms with van der Waals surface area (Å²) >= 11 is 0. The van der Waals surface area contributed by atoms with Gasteiger partial charge in [0.2, 0.25) is 5.91 Å². The Hall–Kier alpha value is -2.90. The molecule has 1 aliphatic heterocycles. The third-order valence-corrected chi connectivity index (χ3v) is 4.77. The molecule has 3 N–H and O–H groups in total. The molecule has 3 rings (SSSR count). The van der Waals surface area contributed by atoms with Gasteiger partial charge in [-0.25, -0.2) is 4.79 Å². The van der Waals surface area contributed by atoms with Crippen LogP contribution in [-0.4, -0.2) is 40.6 Å². The molecule has 2 amide bonds. The minimum absolute atomic E-state index is 0.155. The number of hydrogen-bond acceptors (Lipinski definition) is 4. The van der Waals surface area contributed by atoms with E-state index in [-0.39, 0.29) is 18.5 Å². The summed E-state index contributed by atoms with van der Waals surface area (Å²) in [6.07, 6.45) is -0.00390. The van der Waals surface area contributed by atoms with Crippen LogP contribution in [0.2, 0.25) is 0 Å². The zero-order valence-electron chi connectivity index (χ0n) is 15.6. The number of hydroxylamine groups is 1. The molecule has 0 spiro atoms. The number of benzene rings is 2. The average Bonchev–Trinajstić information content (AvgIpc) is 2.73. The van der Waals surface area contributed by atoms with Gasteiger partial charge >= 0.3 is 6.09 Å². The molecule has 7 nitrogen and oxygen atoms in total. The first-order valence-electron chi connectivity index (χ1n) is 9.36. The highest BCUT2D eigenvalue weighted by Crippen LogP contribution is 2.18. The quantitative estimate of drug-likeness (QED) is 0.639. The molecule has 1 saturated heterocycles. The number of rotatable bonds is 7. The van der Waals surface area contributed by atoms with Crippen molar-refractivity contribution in [1.29, 1.82) is 0 Å². The summed E-state index contributed by atoms with van der Waals surface area (Å²) in [5, 5.41) is 12.4. The third kappa shape index (κ3) is 5.55. The van der Waals surface area contributed by atoms with Crippen molar-refractivity contribution in [2.24, 2.45) is 0 Å². The van der Waals surface area contributed by atoms with Crippen molar-refractivity contribution < 1.29 is 19.5 Å². The van der Waals surface area contributed by atoms with Gasteiger partial charge in [-0.05, 0) is 24.0 Å². The summed E-state index contributed by atoms with van der Waals surface area (Å²) in [6, 6.07) is 18.4. The van der Waals surface area contributed by atoms with Crippen molar-refractivity contribution in [3.8, 4) is 0 Å². The average molecular weight is 383 g/mol. The van der Waals surface area contributed by atoms with Gasteiger partial charge < -0.3 is 10.4 Å². The first-order chi connectivity index (χ1) is 13.6. The zero-order valence-corrected chi connectivity index (χ0v) is 15.6. The molecule has 2 aromatic carbocycles. The molecule has 0 radical (unpaired) electrons. The second-order valence-corrected chi connectivity index (χ2v) is 6.82. The molecule has 0 aliphatic carbocycles. The Morgan fingerprint density at radius 3 is 2.29 bits per heavy atom. The monoisotopic (exact) mass is 383 g/mol. The Kier molecular flexibility index (Phi) is 7.00. The van der Waals surface area contributed by atoms with E-state index in [0.717, 1.165) is 11.1 Å². The van der Waals surface area contributed by atoms with Crippen molar-refractivity contribution >= 4 is 12.0 Å².